The van der Waals surface area contributed by atoms with Crippen molar-refractivity contribution >= 4 is 34.4 Å². The van der Waals surface area contributed by atoms with Gasteiger partial charge in [-0.05, 0) is 12.1 Å². The fourth-order valence-electron chi connectivity index (χ4n) is 0.807. The Morgan fingerprint density at radius 3 is 2.69 bits per heavy atom. The van der Waals surface area contributed by atoms with Crippen LogP contribution in [-0.4, -0.2) is 17.1 Å². The average Bonchev–Trinajstić information content (AvgIpc) is 2.16. The van der Waals surface area contributed by atoms with E-state index in [1.807, 2.05) is 30.3 Å². The molecule has 1 N–H and O–H groups in total. The van der Waals surface area contributed by atoms with Crippen LogP contribution in [0.25, 0.3) is 0 Å². The van der Waals surface area contributed by atoms with Crippen molar-refractivity contribution in [1.82, 2.24) is 0 Å². The highest BCUT2D eigenvalue weighted by Crippen LogP contribution is 2.04. The van der Waals surface area contributed by atoms with E-state index in [0.717, 1.165) is 10.1 Å². The summed E-state index contributed by atoms with van der Waals surface area (Å²) in [4.78, 5) is 11.0. The highest BCUT2D eigenvalue weighted by Gasteiger charge is 2.00. The molecule has 4 heteroatoms. The Labute approximate surface area is 90.6 Å². The fraction of sp³-hybridized carbons (Fsp3) is 0.222. The second-order valence-corrected chi connectivity index (χ2v) is 3.39. The molecule has 0 unspecified atom stereocenters. The molecule has 0 aliphatic rings. The van der Waals surface area contributed by atoms with Crippen molar-refractivity contribution < 1.29 is 9.53 Å². The summed E-state index contributed by atoms with van der Waals surface area (Å²) < 4.78 is 5.64. The van der Waals surface area contributed by atoms with Gasteiger partial charge < -0.3 is 4.74 Å². The highest BCUT2D eigenvalue weighted by molar-refractivity contribution is 14.1. The van der Waals surface area contributed by atoms with Crippen LogP contribution in [0.1, 0.15) is 0 Å². The molecule has 1 aromatic rings. The van der Waals surface area contributed by atoms with Crippen LogP contribution in [0.3, 0.4) is 0 Å². The minimum atomic E-state index is -0.400. The van der Waals surface area contributed by atoms with Gasteiger partial charge in [-0.3, -0.25) is 5.32 Å². The van der Waals surface area contributed by atoms with Gasteiger partial charge in [0.15, 0.2) is 0 Å². The van der Waals surface area contributed by atoms with E-state index in [2.05, 4.69) is 27.9 Å². The normalized spacial score (nSPS) is 9.31. The van der Waals surface area contributed by atoms with Crippen LogP contribution in [-0.2, 0) is 4.74 Å². The molecule has 0 heterocycles. The number of hydrogen-bond acceptors (Lipinski definition) is 2. The predicted octanol–water partition coefficient (Wildman–Crippen LogP) is 2.67. The molecule has 0 saturated heterocycles. The van der Waals surface area contributed by atoms with Crippen molar-refractivity contribution in [2.24, 2.45) is 0 Å². The van der Waals surface area contributed by atoms with Gasteiger partial charge in [-0.1, -0.05) is 40.8 Å². The number of anilines is 1. The van der Waals surface area contributed by atoms with Crippen LogP contribution in [0.2, 0.25) is 0 Å². The zero-order chi connectivity index (χ0) is 9.52. The monoisotopic (exact) mass is 291 g/mol. The molecule has 1 amide bonds. The standard InChI is InChI=1S/C9H10INO2/c10-6-7-13-9(12)11-8-4-2-1-3-5-8/h1-5H,6-7H2,(H,11,12). The predicted molar refractivity (Wildman–Crippen MR) is 60.3 cm³/mol. The van der Waals surface area contributed by atoms with Crippen molar-refractivity contribution in [1.29, 1.82) is 0 Å². The summed E-state index contributed by atoms with van der Waals surface area (Å²) in [6, 6.07) is 9.22. The Kier molecular flexibility index (Phi) is 4.59. The van der Waals surface area contributed by atoms with Crippen molar-refractivity contribution in [3.8, 4) is 0 Å². The molecule has 0 aliphatic heterocycles. The first-order valence-electron chi connectivity index (χ1n) is 3.87. The molecule has 0 bridgehead atoms. The second-order valence-electron chi connectivity index (χ2n) is 2.32. The summed E-state index contributed by atoms with van der Waals surface area (Å²) in [5, 5.41) is 2.61. The lowest BCUT2D eigenvalue weighted by atomic mass is 10.3. The first-order chi connectivity index (χ1) is 6.33. The third-order valence-corrected chi connectivity index (χ3v) is 1.77. The Balaban J connectivity index is 2.37. The van der Waals surface area contributed by atoms with Crippen LogP contribution in [0, 0.1) is 0 Å². The van der Waals surface area contributed by atoms with E-state index in [1.165, 1.54) is 0 Å². The number of hydrogen-bond donors (Lipinski definition) is 1. The van der Waals surface area contributed by atoms with Gasteiger partial charge in [-0.15, -0.1) is 0 Å². The number of rotatable bonds is 3. The topological polar surface area (TPSA) is 38.3 Å². The van der Waals surface area contributed by atoms with Gasteiger partial charge in [0.05, 0.1) is 0 Å². The Morgan fingerprint density at radius 1 is 1.38 bits per heavy atom. The van der Waals surface area contributed by atoms with E-state index in [-0.39, 0.29) is 0 Å². The van der Waals surface area contributed by atoms with Gasteiger partial charge in [-0.2, -0.15) is 0 Å². The number of halogens is 1. The lowest BCUT2D eigenvalue weighted by molar-refractivity contribution is 0.169. The third kappa shape index (κ3) is 4.12. The van der Waals surface area contributed by atoms with Crippen molar-refractivity contribution in [3.63, 3.8) is 0 Å². The summed E-state index contributed by atoms with van der Waals surface area (Å²) in [6.45, 7) is 0.444. The summed E-state index contributed by atoms with van der Waals surface area (Å²) in [5.41, 5.74) is 0.751. The van der Waals surface area contributed by atoms with E-state index in [4.69, 9.17) is 4.74 Å². The summed E-state index contributed by atoms with van der Waals surface area (Å²) >= 11 is 2.15. The maximum absolute atomic E-state index is 11.0. The Hall–Kier alpha value is -0.780. The summed E-state index contributed by atoms with van der Waals surface area (Å²) in [5.74, 6) is 0. The minimum Gasteiger partial charge on any atom is -0.448 e. The van der Waals surface area contributed by atoms with Crippen molar-refractivity contribution in [2.45, 2.75) is 0 Å². The van der Waals surface area contributed by atoms with Gasteiger partial charge in [0, 0.05) is 10.1 Å². The molecule has 0 radical (unpaired) electrons. The number of nitrogens with one attached hydrogen (secondary N) is 1. The van der Waals surface area contributed by atoms with Crippen molar-refractivity contribution in [3.05, 3.63) is 30.3 Å². The number of amides is 1. The van der Waals surface area contributed by atoms with Gasteiger partial charge in [0.1, 0.15) is 6.61 Å². The fourth-order valence-corrected chi connectivity index (χ4v) is 1.03. The first kappa shape index (κ1) is 10.3. The van der Waals surface area contributed by atoms with Crippen molar-refractivity contribution in [2.75, 3.05) is 16.4 Å². The first-order valence-corrected chi connectivity index (χ1v) is 5.40. The molecule has 70 valence electrons. The maximum Gasteiger partial charge on any atom is 0.411 e. The Morgan fingerprint density at radius 2 is 2.08 bits per heavy atom. The van der Waals surface area contributed by atoms with Gasteiger partial charge in [0.25, 0.3) is 0 Å². The lowest BCUT2D eigenvalue weighted by Crippen LogP contribution is -2.14. The molecule has 0 aliphatic carbocycles. The molecule has 13 heavy (non-hydrogen) atoms. The van der Waals surface area contributed by atoms with Crippen LogP contribution in [0.5, 0.6) is 0 Å². The summed E-state index contributed by atoms with van der Waals surface area (Å²) in [7, 11) is 0. The van der Waals surface area contributed by atoms with Crippen LogP contribution in [0.15, 0.2) is 30.3 Å². The van der Waals surface area contributed by atoms with E-state index < -0.39 is 6.09 Å². The average molecular weight is 291 g/mol. The smallest absolute Gasteiger partial charge is 0.411 e. The maximum atomic E-state index is 11.0. The third-order valence-electron chi connectivity index (χ3n) is 1.33. The number of benzene rings is 1. The molecule has 0 saturated carbocycles. The molecular formula is C9H10INO2. The quantitative estimate of drug-likeness (QED) is 0.687. The van der Waals surface area contributed by atoms with E-state index in [0.29, 0.717) is 6.61 Å². The largest absolute Gasteiger partial charge is 0.448 e. The number of carbonyl (C=O) groups excluding carboxylic acids is 1. The zero-order valence-electron chi connectivity index (χ0n) is 7.00. The van der Waals surface area contributed by atoms with Crippen LogP contribution >= 0.6 is 22.6 Å². The lowest BCUT2D eigenvalue weighted by Gasteiger charge is -2.04. The number of carbonyl (C=O) groups is 1. The molecule has 0 fully saturated rings. The number of alkyl halides is 1. The van der Waals surface area contributed by atoms with Crippen LogP contribution < -0.4 is 5.32 Å². The molecule has 0 spiro atoms. The van der Waals surface area contributed by atoms with Gasteiger partial charge in [-0.25, -0.2) is 4.79 Å². The zero-order valence-corrected chi connectivity index (χ0v) is 9.15. The van der Waals surface area contributed by atoms with E-state index in [1.54, 1.807) is 0 Å². The Bertz CT molecular complexity index is 264. The summed E-state index contributed by atoms with van der Waals surface area (Å²) in [6.07, 6.45) is -0.400. The van der Waals surface area contributed by atoms with Gasteiger partial charge in [0.2, 0.25) is 0 Å². The number of para-hydroxylation sites is 1. The van der Waals surface area contributed by atoms with Gasteiger partial charge >= 0.3 is 6.09 Å². The van der Waals surface area contributed by atoms with E-state index >= 15 is 0 Å². The van der Waals surface area contributed by atoms with E-state index in [9.17, 15) is 4.79 Å². The highest BCUT2D eigenvalue weighted by atomic mass is 127. The molecule has 0 aromatic heterocycles. The minimum absolute atomic E-state index is 0.400. The number of ether oxygens (including phenoxy) is 1. The van der Waals surface area contributed by atoms with Crippen LogP contribution in [0.4, 0.5) is 10.5 Å². The molecular weight excluding hydrogens is 281 g/mol. The molecule has 1 rings (SSSR count). The SMILES string of the molecule is O=C(Nc1ccccc1)OCCI. The molecule has 0 atom stereocenters. The molecule has 1 aromatic carbocycles. The second kappa shape index (κ2) is 5.80. The molecule has 3 nitrogen and oxygen atoms in total.